The fraction of sp³-hybridized carbons (Fsp3) is 0.823. The van der Waals surface area contributed by atoms with Gasteiger partial charge in [0.25, 0.3) is 0 Å². The van der Waals surface area contributed by atoms with Crippen LogP contribution in [-0.2, 0) is 28.6 Å². The summed E-state index contributed by atoms with van der Waals surface area (Å²) in [5.41, 5.74) is 0. The van der Waals surface area contributed by atoms with Crippen LogP contribution >= 0.6 is 0 Å². The van der Waals surface area contributed by atoms with Crippen LogP contribution in [0.4, 0.5) is 0 Å². The normalized spacial score (nSPS) is 12.3. The van der Waals surface area contributed by atoms with E-state index in [2.05, 4.69) is 69.4 Å². The monoisotopic (exact) mass is 953 g/mol. The Kier molecular flexibility index (Phi) is 54.8. The molecule has 396 valence electrons. The van der Waals surface area contributed by atoms with Gasteiger partial charge in [-0.1, -0.05) is 256 Å². The highest BCUT2D eigenvalue weighted by atomic mass is 16.6. The lowest BCUT2D eigenvalue weighted by Crippen LogP contribution is -2.30. The molecule has 0 saturated heterocycles. The molecular formula is C62H112O6. The lowest BCUT2D eigenvalue weighted by molar-refractivity contribution is -0.167. The van der Waals surface area contributed by atoms with Gasteiger partial charge < -0.3 is 14.2 Å². The number of rotatable bonds is 54. The van der Waals surface area contributed by atoms with Crippen molar-refractivity contribution in [2.75, 3.05) is 13.2 Å². The number of hydrogen-bond acceptors (Lipinski definition) is 6. The molecule has 0 saturated carbocycles. The van der Waals surface area contributed by atoms with E-state index in [1.165, 1.54) is 193 Å². The second kappa shape index (κ2) is 57.0. The van der Waals surface area contributed by atoms with E-state index in [1.54, 1.807) is 0 Å². The summed E-state index contributed by atoms with van der Waals surface area (Å²) in [4.78, 5) is 38.0. The van der Waals surface area contributed by atoms with Crippen molar-refractivity contribution < 1.29 is 28.6 Å². The molecule has 0 aliphatic carbocycles. The Morgan fingerprint density at radius 2 is 0.529 bits per heavy atom. The van der Waals surface area contributed by atoms with E-state index < -0.39 is 6.10 Å². The van der Waals surface area contributed by atoms with Crippen molar-refractivity contribution in [3.05, 3.63) is 48.6 Å². The SMILES string of the molecule is CCCCCCC/C=C\C/C=C\C/C=C\CCCCCCCCCCCCCCC(=O)OCC(COC(=O)CCCCCCCCCC)OC(=O)CCCCCCC/C=C\CCCCCCCC. The van der Waals surface area contributed by atoms with Crippen molar-refractivity contribution in [1.29, 1.82) is 0 Å². The van der Waals surface area contributed by atoms with E-state index >= 15 is 0 Å². The van der Waals surface area contributed by atoms with Gasteiger partial charge in [0.15, 0.2) is 6.10 Å². The van der Waals surface area contributed by atoms with Crippen molar-refractivity contribution in [2.45, 2.75) is 316 Å². The second-order valence-electron chi connectivity index (χ2n) is 19.9. The third-order valence-corrected chi connectivity index (χ3v) is 13.1. The summed E-state index contributed by atoms with van der Waals surface area (Å²) >= 11 is 0. The number of carbonyl (C=O) groups is 3. The van der Waals surface area contributed by atoms with Gasteiger partial charge in [-0.2, -0.15) is 0 Å². The lowest BCUT2D eigenvalue weighted by Gasteiger charge is -2.18. The first-order valence-corrected chi connectivity index (χ1v) is 29.6. The fourth-order valence-corrected chi connectivity index (χ4v) is 8.56. The Hall–Kier alpha value is -2.63. The number of allylic oxidation sites excluding steroid dienone is 8. The van der Waals surface area contributed by atoms with Crippen LogP contribution in [0.5, 0.6) is 0 Å². The van der Waals surface area contributed by atoms with Crippen LogP contribution in [0.15, 0.2) is 48.6 Å². The Morgan fingerprint density at radius 3 is 0.838 bits per heavy atom. The zero-order valence-corrected chi connectivity index (χ0v) is 45.4. The summed E-state index contributed by atoms with van der Waals surface area (Å²) in [7, 11) is 0. The van der Waals surface area contributed by atoms with Crippen LogP contribution in [0.3, 0.4) is 0 Å². The molecule has 0 bridgehead atoms. The van der Waals surface area contributed by atoms with E-state index in [0.29, 0.717) is 19.3 Å². The van der Waals surface area contributed by atoms with Gasteiger partial charge in [-0.15, -0.1) is 0 Å². The molecule has 0 aromatic carbocycles. The standard InChI is InChI=1S/C62H112O6/c1-4-7-10-13-16-19-21-23-25-26-27-28-29-30-31-32-33-34-35-36-38-39-41-43-46-49-52-55-61(64)67-58-59(57-66-60(63)54-51-48-45-18-15-12-9-6-3)68-62(65)56-53-50-47-44-42-40-37-24-22-20-17-14-11-8-5-2/h21,23-24,26-27,29-30,37,59H,4-20,22,25,28,31-36,38-58H2,1-3H3/b23-21-,27-26-,30-29-,37-24-. The first-order valence-electron chi connectivity index (χ1n) is 29.6. The van der Waals surface area contributed by atoms with Gasteiger partial charge in [-0.3, -0.25) is 14.4 Å². The Balaban J connectivity index is 4.14. The molecular weight excluding hydrogens is 841 g/mol. The molecule has 6 heteroatoms. The van der Waals surface area contributed by atoms with E-state index in [1.807, 2.05) is 0 Å². The average Bonchev–Trinajstić information content (AvgIpc) is 3.34. The molecule has 1 atom stereocenters. The van der Waals surface area contributed by atoms with Gasteiger partial charge in [0.05, 0.1) is 0 Å². The number of carbonyl (C=O) groups excluding carboxylic acids is 3. The van der Waals surface area contributed by atoms with Crippen LogP contribution < -0.4 is 0 Å². The van der Waals surface area contributed by atoms with E-state index in [-0.39, 0.29) is 31.1 Å². The highest BCUT2D eigenvalue weighted by Crippen LogP contribution is 2.16. The van der Waals surface area contributed by atoms with Gasteiger partial charge in [0, 0.05) is 19.3 Å². The Bertz CT molecular complexity index is 1190. The van der Waals surface area contributed by atoms with Crippen LogP contribution in [0, 0.1) is 0 Å². The summed E-state index contributed by atoms with van der Waals surface area (Å²) in [6.07, 6.45) is 69.8. The van der Waals surface area contributed by atoms with Crippen LogP contribution in [0.2, 0.25) is 0 Å². The predicted molar refractivity (Wildman–Crippen MR) is 293 cm³/mol. The zero-order valence-electron chi connectivity index (χ0n) is 45.4. The number of esters is 3. The Labute approximate surface area is 422 Å². The van der Waals surface area contributed by atoms with Gasteiger partial charge in [-0.25, -0.2) is 0 Å². The van der Waals surface area contributed by atoms with Gasteiger partial charge in [0.1, 0.15) is 13.2 Å². The number of hydrogen-bond donors (Lipinski definition) is 0. The van der Waals surface area contributed by atoms with Crippen molar-refractivity contribution in [2.24, 2.45) is 0 Å². The predicted octanol–water partition coefficient (Wildman–Crippen LogP) is 19.8. The molecule has 0 amide bonds. The first-order chi connectivity index (χ1) is 33.5. The molecule has 0 aromatic rings. The molecule has 0 radical (unpaired) electrons. The molecule has 6 nitrogen and oxygen atoms in total. The van der Waals surface area contributed by atoms with Crippen molar-refractivity contribution in [3.63, 3.8) is 0 Å². The van der Waals surface area contributed by atoms with E-state index in [9.17, 15) is 14.4 Å². The van der Waals surface area contributed by atoms with Crippen molar-refractivity contribution in [1.82, 2.24) is 0 Å². The molecule has 0 spiro atoms. The van der Waals surface area contributed by atoms with Crippen LogP contribution in [0.25, 0.3) is 0 Å². The minimum atomic E-state index is -0.774. The fourth-order valence-electron chi connectivity index (χ4n) is 8.56. The van der Waals surface area contributed by atoms with Crippen LogP contribution in [-0.4, -0.2) is 37.2 Å². The smallest absolute Gasteiger partial charge is 0.306 e. The molecule has 1 unspecified atom stereocenters. The maximum Gasteiger partial charge on any atom is 0.306 e. The molecule has 0 heterocycles. The minimum absolute atomic E-state index is 0.0743. The number of ether oxygens (including phenoxy) is 3. The van der Waals surface area contributed by atoms with E-state index in [4.69, 9.17) is 14.2 Å². The van der Waals surface area contributed by atoms with E-state index in [0.717, 1.165) is 77.0 Å². The lowest BCUT2D eigenvalue weighted by atomic mass is 10.0. The zero-order chi connectivity index (χ0) is 49.3. The summed E-state index contributed by atoms with van der Waals surface area (Å²) in [6.45, 7) is 6.61. The topological polar surface area (TPSA) is 78.9 Å². The molecule has 0 N–H and O–H groups in total. The minimum Gasteiger partial charge on any atom is -0.462 e. The molecule has 0 aliphatic rings. The second-order valence-corrected chi connectivity index (χ2v) is 19.9. The maximum atomic E-state index is 12.8. The summed E-state index contributed by atoms with van der Waals surface area (Å²) in [5.74, 6) is -0.877. The van der Waals surface area contributed by atoms with Crippen LogP contribution in [0.1, 0.15) is 310 Å². The molecule has 0 aliphatic heterocycles. The molecule has 0 rings (SSSR count). The van der Waals surface area contributed by atoms with Crippen molar-refractivity contribution >= 4 is 17.9 Å². The molecule has 0 aromatic heterocycles. The summed E-state index contributed by atoms with van der Waals surface area (Å²) < 4.78 is 16.8. The quantitative estimate of drug-likeness (QED) is 0.0262. The summed E-state index contributed by atoms with van der Waals surface area (Å²) in [6, 6.07) is 0. The Morgan fingerprint density at radius 1 is 0.294 bits per heavy atom. The summed E-state index contributed by atoms with van der Waals surface area (Å²) in [5, 5.41) is 0. The van der Waals surface area contributed by atoms with Gasteiger partial charge in [-0.05, 0) is 83.5 Å². The van der Waals surface area contributed by atoms with Crippen molar-refractivity contribution in [3.8, 4) is 0 Å². The average molecular weight is 954 g/mol. The number of unbranched alkanes of at least 4 members (excludes halogenated alkanes) is 35. The highest BCUT2D eigenvalue weighted by Gasteiger charge is 2.19. The molecule has 0 fully saturated rings. The van der Waals surface area contributed by atoms with Gasteiger partial charge in [0.2, 0.25) is 0 Å². The molecule has 68 heavy (non-hydrogen) atoms. The largest absolute Gasteiger partial charge is 0.462 e. The first kappa shape index (κ1) is 65.4. The van der Waals surface area contributed by atoms with Gasteiger partial charge >= 0.3 is 17.9 Å². The maximum absolute atomic E-state index is 12.8. The highest BCUT2D eigenvalue weighted by molar-refractivity contribution is 5.71. The third kappa shape index (κ3) is 54.3. The third-order valence-electron chi connectivity index (χ3n) is 13.1.